The Kier molecular flexibility index (Phi) is 6.11. The third-order valence-corrected chi connectivity index (χ3v) is 6.69. The maximum atomic E-state index is 12.5. The number of rotatable bonds is 5. The van der Waals surface area contributed by atoms with E-state index in [4.69, 9.17) is 0 Å². The summed E-state index contributed by atoms with van der Waals surface area (Å²) in [6.07, 6.45) is 2.17. The Morgan fingerprint density at radius 1 is 1.21 bits per heavy atom. The van der Waals surface area contributed by atoms with Crippen LogP contribution in [-0.2, 0) is 19.6 Å². The first-order chi connectivity index (χ1) is 13.3. The summed E-state index contributed by atoms with van der Waals surface area (Å²) < 4.78 is 29.2. The van der Waals surface area contributed by atoms with Crippen molar-refractivity contribution in [2.45, 2.75) is 12.8 Å². The summed E-state index contributed by atoms with van der Waals surface area (Å²) in [6, 6.07) is 6.87. The molecule has 0 bridgehead atoms. The molecule has 0 unspecified atom stereocenters. The number of hydrogen-bond donors (Lipinski definition) is 1. The van der Waals surface area contributed by atoms with Crippen molar-refractivity contribution < 1.29 is 22.7 Å². The first-order valence-electron chi connectivity index (χ1n) is 8.68. The van der Waals surface area contributed by atoms with E-state index in [2.05, 4.69) is 15.0 Å². The van der Waals surface area contributed by atoms with E-state index in [0.717, 1.165) is 5.56 Å². The highest BCUT2D eigenvalue weighted by Crippen LogP contribution is 2.27. The van der Waals surface area contributed by atoms with E-state index >= 15 is 0 Å². The number of hydrogen-bond acceptors (Lipinski definition) is 7. The zero-order valence-electron chi connectivity index (χ0n) is 15.5. The van der Waals surface area contributed by atoms with Crippen LogP contribution < -0.4 is 5.32 Å². The average Bonchev–Trinajstić information content (AvgIpc) is 3.15. The Hall–Kier alpha value is -2.30. The molecule has 0 aliphatic carbocycles. The average molecular weight is 424 g/mol. The Bertz CT molecular complexity index is 961. The lowest BCUT2D eigenvalue weighted by atomic mass is 9.97. The van der Waals surface area contributed by atoms with E-state index in [1.54, 1.807) is 24.3 Å². The zero-order valence-corrected chi connectivity index (χ0v) is 17.2. The van der Waals surface area contributed by atoms with E-state index in [1.165, 1.54) is 29.0 Å². The molecule has 1 aliphatic heterocycles. The van der Waals surface area contributed by atoms with E-state index in [1.807, 2.05) is 5.38 Å². The fraction of sp³-hybridized carbons (Fsp3) is 0.389. The summed E-state index contributed by atoms with van der Waals surface area (Å²) in [5, 5.41) is 5.14. The molecule has 1 aliphatic rings. The quantitative estimate of drug-likeness (QED) is 0.739. The number of carbonyl (C=O) groups excluding carboxylic acids is 2. The van der Waals surface area contributed by atoms with Gasteiger partial charge in [0.05, 0.1) is 24.6 Å². The monoisotopic (exact) mass is 423 g/mol. The van der Waals surface area contributed by atoms with Gasteiger partial charge in [0, 0.05) is 30.0 Å². The van der Waals surface area contributed by atoms with Crippen molar-refractivity contribution in [2.75, 3.05) is 31.8 Å². The standard InChI is InChI=1S/C18H21N3O5S2/c1-26-17(23)14-5-3-12(4-6-14)15-11-27-18(19-15)20-16(22)13-7-9-21(10-8-13)28(2,24)25/h3-6,11,13H,7-10H2,1-2H3,(H,19,20,22). The first-order valence-corrected chi connectivity index (χ1v) is 11.4. The second-order valence-electron chi connectivity index (χ2n) is 6.53. The number of piperidine rings is 1. The van der Waals surface area contributed by atoms with Gasteiger partial charge in [-0.3, -0.25) is 4.79 Å². The van der Waals surface area contributed by atoms with Gasteiger partial charge in [-0.25, -0.2) is 22.5 Å². The van der Waals surface area contributed by atoms with Crippen LogP contribution in [0.25, 0.3) is 11.3 Å². The Labute approximate surface area is 167 Å². The maximum Gasteiger partial charge on any atom is 0.337 e. The zero-order chi connectivity index (χ0) is 20.3. The maximum absolute atomic E-state index is 12.5. The smallest absolute Gasteiger partial charge is 0.337 e. The predicted molar refractivity (Wildman–Crippen MR) is 107 cm³/mol. The number of ether oxygens (including phenoxy) is 1. The molecule has 0 radical (unpaired) electrons. The fourth-order valence-electron chi connectivity index (χ4n) is 3.02. The molecular formula is C18H21N3O5S2. The number of amides is 1. The Morgan fingerprint density at radius 2 is 1.86 bits per heavy atom. The number of anilines is 1. The minimum absolute atomic E-state index is 0.143. The molecule has 1 N–H and O–H groups in total. The molecule has 28 heavy (non-hydrogen) atoms. The summed E-state index contributed by atoms with van der Waals surface area (Å²) >= 11 is 1.32. The summed E-state index contributed by atoms with van der Waals surface area (Å²) in [7, 11) is -1.88. The SMILES string of the molecule is COC(=O)c1ccc(-c2csc(NC(=O)C3CCN(S(C)(=O)=O)CC3)n2)cc1. The molecule has 1 amide bonds. The van der Waals surface area contributed by atoms with Gasteiger partial charge in [-0.05, 0) is 25.0 Å². The molecule has 1 aromatic heterocycles. The van der Waals surface area contributed by atoms with Crippen molar-refractivity contribution in [1.29, 1.82) is 0 Å². The summed E-state index contributed by atoms with van der Waals surface area (Å²) in [5.41, 5.74) is 1.98. The molecule has 0 saturated carbocycles. The second-order valence-corrected chi connectivity index (χ2v) is 9.37. The third kappa shape index (κ3) is 4.75. The number of aromatic nitrogens is 1. The third-order valence-electron chi connectivity index (χ3n) is 4.63. The van der Waals surface area contributed by atoms with E-state index in [-0.39, 0.29) is 11.8 Å². The second kappa shape index (κ2) is 8.38. The number of thiazole rings is 1. The van der Waals surface area contributed by atoms with Gasteiger partial charge in [-0.15, -0.1) is 11.3 Å². The van der Waals surface area contributed by atoms with E-state index in [9.17, 15) is 18.0 Å². The molecule has 150 valence electrons. The predicted octanol–water partition coefficient (Wildman–Crippen LogP) is 2.21. The van der Waals surface area contributed by atoms with Crippen LogP contribution in [0.1, 0.15) is 23.2 Å². The lowest BCUT2D eigenvalue weighted by Gasteiger charge is -2.29. The summed E-state index contributed by atoms with van der Waals surface area (Å²) in [4.78, 5) is 28.4. The number of nitrogens with zero attached hydrogens (tertiary/aromatic N) is 2. The molecule has 1 fully saturated rings. The number of benzene rings is 1. The fourth-order valence-corrected chi connectivity index (χ4v) is 4.61. The number of esters is 1. The van der Waals surface area contributed by atoms with Crippen molar-refractivity contribution in [2.24, 2.45) is 5.92 Å². The van der Waals surface area contributed by atoms with Gasteiger partial charge in [0.1, 0.15) is 0 Å². The molecule has 10 heteroatoms. The lowest BCUT2D eigenvalue weighted by Crippen LogP contribution is -2.40. The molecule has 8 nitrogen and oxygen atoms in total. The van der Waals surface area contributed by atoms with Crippen LogP contribution in [0.2, 0.25) is 0 Å². The molecular weight excluding hydrogens is 402 g/mol. The number of methoxy groups -OCH3 is 1. The van der Waals surface area contributed by atoms with Crippen molar-refractivity contribution in [3.63, 3.8) is 0 Å². The van der Waals surface area contributed by atoms with Crippen molar-refractivity contribution >= 4 is 38.4 Å². The molecule has 0 spiro atoms. The first kappa shape index (κ1) is 20.4. The molecule has 2 aromatic rings. The van der Waals surface area contributed by atoms with Gasteiger partial charge in [0.2, 0.25) is 15.9 Å². The molecule has 3 rings (SSSR count). The highest BCUT2D eigenvalue weighted by atomic mass is 32.2. The van der Waals surface area contributed by atoms with Gasteiger partial charge in [-0.2, -0.15) is 0 Å². The Balaban J connectivity index is 1.60. The van der Waals surface area contributed by atoms with Gasteiger partial charge >= 0.3 is 5.97 Å². The van der Waals surface area contributed by atoms with Gasteiger partial charge in [0.25, 0.3) is 0 Å². The number of carbonyl (C=O) groups is 2. The van der Waals surface area contributed by atoms with Crippen molar-refractivity contribution in [3.8, 4) is 11.3 Å². The van der Waals surface area contributed by atoms with Crippen LogP contribution in [0, 0.1) is 5.92 Å². The van der Waals surface area contributed by atoms with Gasteiger partial charge < -0.3 is 10.1 Å². The van der Waals surface area contributed by atoms with Crippen molar-refractivity contribution in [1.82, 2.24) is 9.29 Å². The largest absolute Gasteiger partial charge is 0.465 e. The van der Waals surface area contributed by atoms with Crippen LogP contribution in [0.4, 0.5) is 5.13 Å². The Morgan fingerprint density at radius 3 is 2.43 bits per heavy atom. The van der Waals surface area contributed by atoms with Crippen LogP contribution >= 0.6 is 11.3 Å². The number of sulfonamides is 1. The topological polar surface area (TPSA) is 106 Å². The minimum Gasteiger partial charge on any atom is -0.465 e. The molecule has 0 atom stereocenters. The van der Waals surface area contributed by atoms with Crippen molar-refractivity contribution in [3.05, 3.63) is 35.2 Å². The highest BCUT2D eigenvalue weighted by molar-refractivity contribution is 7.88. The van der Waals surface area contributed by atoms with Crippen LogP contribution in [0.3, 0.4) is 0 Å². The molecule has 1 saturated heterocycles. The van der Waals surface area contributed by atoms with Crippen LogP contribution in [0.15, 0.2) is 29.6 Å². The van der Waals surface area contributed by atoms with Gasteiger partial charge in [-0.1, -0.05) is 12.1 Å². The lowest BCUT2D eigenvalue weighted by molar-refractivity contribution is -0.120. The highest BCUT2D eigenvalue weighted by Gasteiger charge is 2.29. The normalized spacial score (nSPS) is 15.9. The van der Waals surface area contributed by atoms with E-state index in [0.29, 0.717) is 42.3 Å². The summed E-state index contributed by atoms with van der Waals surface area (Å²) in [5.74, 6) is -0.778. The van der Waals surface area contributed by atoms with Crippen LogP contribution in [0.5, 0.6) is 0 Å². The van der Waals surface area contributed by atoms with E-state index < -0.39 is 16.0 Å². The van der Waals surface area contributed by atoms with Crippen LogP contribution in [-0.4, -0.2) is 56.0 Å². The van der Waals surface area contributed by atoms with Gasteiger partial charge in [0.15, 0.2) is 5.13 Å². The molecule has 2 heterocycles. The summed E-state index contributed by atoms with van der Waals surface area (Å²) in [6.45, 7) is 0.708. The minimum atomic E-state index is -3.21. The molecule has 1 aromatic carbocycles. The number of nitrogens with one attached hydrogen (secondary N) is 1.